The summed E-state index contributed by atoms with van der Waals surface area (Å²) in [7, 11) is 0. The van der Waals surface area contributed by atoms with Crippen molar-refractivity contribution in [2.24, 2.45) is 11.7 Å². The molecule has 8 heteroatoms. The molecule has 6 atom stereocenters. The van der Waals surface area contributed by atoms with Crippen LogP contribution >= 0.6 is 0 Å². The highest BCUT2D eigenvalue weighted by atomic mass is 16.3. The second-order valence-electron chi connectivity index (χ2n) is 12.0. The third-order valence-corrected chi connectivity index (χ3v) is 9.23. The first kappa shape index (κ1) is 29.3. The second-order valence-corrected chi connectivity index (χ2v) is 12.0. The van der Waals surface area contributed by atoms with Crippen molar-refractivity contribution < 1.29 is 19.5 Å². The van der Waals surface area contributed by atoms with Crippen LogP contribution in [0.3, 0.4) is 0 Å². The first-order valence-corrected chi connectivity index (χ1v) is 15.3. The van der Waals surface area contributed by atoms with E-state index in [1.54, 1.807) is 4.90 Å². The van der Waals surface area contributed by atoms with Crippen molar-refractivity contribution in [2.75, 3.05) is 13.2 Å². The summed E-state index contributed by atoms with van der Waals surface area (Å²) < 4.78 is 0. The van der Waals surface area contributed by atoms with Crippen LogP contribution in [-0.2, 0) is 27.2 Å². The number of aliphatic hydroxyl groups is 1. The van der Waals surface area contributed by atoms with Crippen molar-refractivity contribution in [3.05, 3.63) is 71.8 Å². The van der Waals surface area contributed by atoms with E-state index < -0.39 is 18.1 Å². The third kappa shape index (κ3) is 6.81. The molecule has 3 amide bonds. The smallest absolute Gasteiger partial charge is 0.246 e. The van der Waals surface area contributed by atoms with Crippen LogP contribution in [0.1, 0.15) is 62.5 Å². The number of hydrogen-bond donors (Lipinski definition) is 3. The Bertz CT molecular complexity index is 1180. The van der Waals surface area contributed by atoms with E-state index in [4.69, 9.17) is 5.73 Å². The van der Waals surface area contributed by atoms with Gasteiger partial charge in [-0.2, -0.15) is 0 Å². The molecule has 0 radical (unpaired) electrons. The largest absolute Gasteiger partial charge is 0.396 e. The highest BCUT2D eigenvalue weighted by Gasteiger charge is 2.50. The molecular formula is C33H44N4O4. The van der Waals surface area contributed by atoms with E-state index in [0.29, 0.717) is 44.6 Å². The van der Waals surface area contributed by atoms with Gasteiger partial charge in [0.1, 0.15) is 12.1 Å². The minimum atomic E-state index is -0.719. The zero-order valence-electron chi connectivity index (χ0n) is 23.9. The Balaban J connectivity index is 1.30. The zero-order valence-corrected chi connectivity index (χ0v) is 23.9. The Morgan fingerprint density at radius 1 is 0.878 bits per heavy atom. The summed E-state index contributed by atoms with van der Waals surface area (Å²) in [6, 6.07) is 17.6. The minimum Gasteiger partial charge on any atom is -0.396 e. The normalized spacial score (nSPS) is 25.4. The Kier molecular flexibility index (Phi) is 9.72. The third-order valence-electron chi connectivity index (χ3n) is 9.23. The van der Waals surface area contributed by atoms with Gasteiger partial charge in [0.05, 0.1) is 6.04 Å². The molecular weight excluding hydrogens is 516 g/mol. The van der Waals surface area contributed by atoms with Crippen molar-refractivity contribution in [1.82, 2.24) is 15.1 Å². The van der Waals surface area contributed by atoms with Crippen LogP contribution in [0.25, 0.3) is 0 Å². The lowest BCUT2D eigenvalue weighted by Gasteiger charge is -2.37. The molecule has 220 valence electrons. The summed E-state index contributed by atoms with van der Waals surface area (Å²) in [6.45, 7) is 0.473. The van der Waals surface area contributed by atoms with Gasteiger partial charge in [-0.15, -0.1) is 0 Å². The molecule has 2 aromatic carbocycles. The predicted octanol–water partition coefficient (Wildman–Crippen LogP) is 2.82. The molecule has 2 heterocycles. The van der Waals surface area contributed by atoms with Crippen molar-refractivity contribution in [1.29, 1.82) is 0 Å². The molecule has 5 rings (SSSR count). The molecule has 8 nitrogen and oxygen atoms in total. The number of hydrogen-bond acceptors (Lipinski definition) is 5. The first-order valence-electron chi connectivity index (χ1n) is 15.3. The van der Waals surface area contributed by atoms with Crippen molar-refractivity contribution in [3.63, 3.8) is 0 Å². The van der Waals surface area contributed by atoms with E-state index in [1.165, 1.54) is 0 Å². The first-order chi connectivity index (χ1) is 20.0. The van der Waals surface area contributed by atoms with E-state index in [1.807, 2.05) is 65.6 Å². The second kappa shape index (κ2) is 13.6. The quantitative estimate of drug-likeness (QED) is 0.413. The van der Waals surface area contributed by atoms with Gasteiger partial charge < -0.3 is 26.0 Å². The molecule has 2 aliphatic heterocycles. The number of benzene rings is 2. The van der Waals surface area contributed by atoms with Crippen LogP contribution in [0.5, 0.6) is 0 Å². The monoisotopic (exact) mass is 560 g/mol. The Labute approximate surface area is 243 Å². The summed E-state index contributed by atoms with van der Waals surface area (Å²) in [5.41, 5.74) is 8.57. The predicted molar refractivity (Wildman–Crippen MR) is 158 cm³/mol. The lowest BCUT2D eigenvalue weighted by atomic mass is 9.84. The van der Waals surface area contributed by atoms with Gasteiger partial charge >= 0.3 is 0 Å². The molecule has 2 saturated heterocycles. The molecule has 2 aromatic rings. The molecule has 0 unspecified atom stereocenters. The summed E-state index contributed by atoms with van der Waals surface area (Å²) >= 11 is 0. The van der Waals surface area contributed by atoms with Crippen molar-refractivity contribution in [3.8, 4) is 0 Å². The van der Waals surface area contributed by atoms with Crippen LogP contribution in [-0.4, -0.2) is 76.0 Å². The summed E-state index contributed by atoms with van der Waals surface area (Å²) in [4.78, 5) is 45.1. The maximum atomic E-state index is 14.2. The van der Waals surface area contributed by atoms with Gasteiger partial charge in [0.25, 0.3) is 0 Å². The molecule has 1 aliphatic carbocycles. The van der Waals surface area contributed by atoms with E-state index >= 15 is 0 Å². The number of fused-ring (bicyclic) bond motifs is 1. The lowest BCUT2D eigenvalue weighted by Crippen LogP contribution is -2.57. The maximum Gasteiger partial charge on any atom is 0.246 e. The molecule has 1 saturated carbocycles. The fraction of sp³-hybridized carbons (Fsp3) is 0.545. The number of rotatable bonds is 10. The number of nitrogens with zero attached hydrogens (tertiary/aromatic N) is 2. The average Bonchev–Trinajstić information content (AvgIpc) is 3.63. The zero-order chi connectivity index (χ0) is 28.8. The van der Waals surface area contributed by atoms with E-state index in [9.17, 15) is 19.5 Å². The number of carbonyl (C=O) groups is 3. The summed E-state index contributed by atoms with van der Waals surface area (Å²) in [6.07, 6.45) is 7.52. The Hall–Kier alpha value is -3.23. The highest BCUT2D eigenvalue weighted by Crippen LogP contribution is 2.41. The molecule has 0 bridgehead atoms. The number of nitrogens with one attached hydrogen (secondary N) is 1. The van der Waals surface area contributed by atoms with Crippen LogP contribution in [0.4, 0.5) is 0 Å². The SMILES string of the molecule is N[C@@H](Cc1ccccc1)C(=O)N1[C@H](C(=O)N2CCC[C@H]2C(=O)N[C@H](CCO)Cc2ccccc2)C[C@@H]2CCCC[C@@H]21. The molecule has 3 fully saturated rings. The topological polar surface area (TPSA) is 116 Å². The average molecular weight is 561 g/mol. The molecule has 41 heavy (non-hydrogen) atoms. The van der Waals surface area contributed by atoms with Gasteiger partial charge in [0.15, 0.2) is 0 Å². The number of nitrogens with two attached hydrogens (primary N) is 1. The van der Waals surface area contributed by atoms with Gasteiger partial charge in [0.2, 0.25) is 17.7 Å². The van der Waals surface area contributed by atoms with E-state index in [0.717, 1.165) is 43.2 Å². The number of likely N-dealkylation sites (tertiary alicyclic amines) is 2. The molecule has 4 N–H and O–H groups in total. The molecule has 3 aliphatic rings. The standard InChI is InChI=1S/C33H44N4O4/c34-27(21-24-12-5-2-6-13-24)32(40)37-28-15-8-7-14-25(28)22-30(37)33(41)36-18-9-16-29(36)31(39)35-26(17-19-38)20-23-10-3-1-4-11-23/h1-6,10-13,25-30,38H,7-9,14-22,34H2,(H,35,39)/t25-,26+,27-,28-,29-,30-/m0/s1. The van der Waals surface area contributed by atoms with E-state index in [-0.39, 0.29) is 36.4 Å². The van der Waals surface area contributed by atoms with Gasteiger partial charge in [-0.1, -0.05) is 73.5 Å². The van der Waals surface area contributed by atoms with Gasteiger partial charge in [-0.05, 0) is 68.4 Å². The number of carbonyl (C=O) groups excluding carboxylic acids is 3. The van der Waals surface area contributed by atoms with Gasteiger partial charge in [-0.25, -0.2) is 0 Å². The van der Waals surface area contributed by atoms with Gasteiger partial charge in [-0.3, -0.25) is 14.4 Å². The minimum absolute atomic E-state index is 0.0294. The molecule has 0 spiro atoms. The maximum absolute atomic E-state index is 14.2. The lowest BCUT2D eigenvalue weighted by molar-refractivity contribution is -0.148. The van der Waals surface area contributed by atoms with Crippen LogP contribution in [0, 0.1) is 5.92 Å². The van der Waals surface area contributed by atoms with Crippen LogP contribution < -0.4 is 11.1 Å². The van der Waals surface area contributed by atoms with E-state index in [2.05, 4.69) is 5.32 Å². The van der Waals surface area contributed by atoms with Crippen molar-refractivity contribution >= 4 is 17.7 Å². The highest BCUT2D eigenvalue weighted by molar-refractivity contribution is 5.94. The molecule has 0 aromatic heterocycles. The van der Waals surface area contributed by atoms with Crippen LogP contribution in [0.15, 0.2) is 60.7 Å². The summed E-state index contributed by atoms with van der Waals surface area (Å²) in [5, 5.41) is 12.8. The fourth-order valence-electron chi connectivity index (χ4n) is 7.22. The Morgan fingerprint density at radius 2 is 1.54 bits per heavy atom. The number of amides is 3. The summed E-state index contributed by atoms with van der Waals surface area (Å²) in [5.74, 6) is -0.175. The van der Waals surface area contributed by atoms with Gasteiger partial charge in [0, 0.05) is 25.2 Å². The Morgan fingerprint density at radius 3 is 2.22 bits per heavy atom. The number of aliphatic hydroxyl groups excluding tert-OH is 1. The van der Waals surface area contributed by atoms with Crippen molar-refractivity contribution in [2.45, 2.75) is 94.4 Å². The van der Waals surface area contributed by atoms with Crippen LogP contribution in [0.2, 0.25) is 0 Å². The fourth-order valence-corrected chi connectivity index (χ4v) is 7.22.